The summed E-state index contributed by atoms with van der Waals surface area (Å²) in [6.45, 7) is 5.43. The zero-order chi connectivity index (χ0) is 14.5. The van der Waals surface area contributed by atoms with Crippen LogP contribution in [-0.4, -0.2) is 43.7 Å². The van der Waals surface area contributed by atoms with E-state index in [-0.39, 0.29) is 5.97 Å². The first-order chi connectivity index (χ1) is 9.61. The van der Waals surface area contributed by atoms with Gasteiger partial charge < -0.3 is 15.8 Å². The standard InChI is InChI=1S/C15H23N3O2/c1-11(18-7-3-4-8-18)10-17-14-6-5-12(9-13(14)16)15(19)20-2/h5-6,9,11,17H,3-4,7-8,10,16H2,1-2H3. The average molecular weight is 277 g/mol. The van der Waals surface area contributed by atoms with Crippen LogP contribution in [0.3, 0.4) is 0 Å². The van der Waals surface area contributed by atoms with E-state index in [1.165, 1.54) is 33.0 Å². The van der Waals surface area contributed by atoms with Crippen molar-refractivity contribution in [3.8, 4) is 0 Å². The van der Waals surface area contributed by atoms with Crippen molar-refractivity contribution in [1.29, 1.82) is 0 Å². The van der Waals surface area contributed by atoms with Gasteiger partial charge in [-0.2, -0.15) is 0 Å². The van der Waals surface area contributed by atoms with E-state index in [1.807, 2.05) is 6.07 Å². The van der Waals surface area contributed by atoms with Crippen LogP contribution >= 0.6 is 0 Å². The second-order valence-electron chi connectivity index (χ2n) is 5.27. The highest BCUT2D eigenvalue weighted by atomic mass is 16.5. The number of likely N-dealkylation sites (tertiary alicyclic amines) is 1. The molecule has 1 saturated heterocycles. The van der Waals surface area contributed by atoms with Crippen molar-refractivity contribution in [1.82, 2.24) is 4.90 Å². The highest BCUT2D eigenvalue weighted by Crippen LogP contribution is 2.21. The molecular weight excluding hydrogens is 254 g/mol. The number of hydrogen-bond acceptors (Lipinski definition) is 5. The summed E-state index contributed by atoms with van der Waals surface area (Å²) in [5.74, 6) is -0.367. The summed E-state index contributed by atoms with van der Waals surface area (Å²) in [4.78, 5) is 13.9. The number of nitrogens with one attached hydrogen (secondary N) is 1. The Kier molecular flexibility index (Phi) is 4.84. The minimum absolute atomic E-state index is 0.367. The normalized spacial score (nSPS) is 16.9. The fourth-order valence-electron chi connectivity index (χ4n) is 2.54. The van der Waals surface area contributed by atoms with Crippen molar-refractivity contribution in [3.05, 3.63) is 23.8 Å². The van der Waals surface area contributed by atoms with Crippen molar-refractivity contribution in [2.45, 2.75) is 25.8 Å². The Morgan fingerprint density at radius 3 is 2.75 bits per heavy atom. The van der Waals surface area contributed by atoms with Crippen molar-refractivity contribution >= 4 is 17.3 Å². The molecule has 0 amide bonds. The number of esters is 1. The van der Waals surface area contributed by atoms with E-state index in [0.717, 1.165) is 12.2 Å². The molecule has 1 atom stereocenters. The largest absolute Gasteiger partial charge is 0.465 e. The average Bonchev–Trinajstić information content (AvgIpc) is 2.99. The molecule has 0 spiro atoms. The number of ether oxygens (including phenoxy) is 1. The predicted molar refractivity (Wildman–Crippen MR) is 81.0 cm³/mol. The maximum absolute atomic E-state index is 11.4. The number of nitrogens with zero attached hydrogens (tertiary/aromatic N) is 1. The fourth-order valence-corrected chi connectivity index (χ4v) is 2.54. The Morgan fingerprint density at radius 2 is 2.15 bits per heavy atom. The third kappa shape index (κ3) is 3.42. The molecule has 0 aromatic heterocycles. The van der Waals surface area contributed by atoms with Gasteiger partial charge in [0.1, 0.15) is 0 Å². The SMILES string of the molecule is COC(=O)c1ccc(NCC(C)N2CCCC2)c(N)c1. The number of rotatable bonds is 5. The number of nitrogens with two attached hydrogens (primary N) is 1. The second kappa shape index (κ2) is 6.61. The summed E-state index contributed by atoms with van der Waals surface area (Å²) in [7, 11) is 1.36. The highest BCUT2D eigenvalue weighted by molar-refractivity contribution is 5.91. The smallest absolute Gasteiger partial charge is 0.337 e. The van der Waals surface area contributed by atoms with Gasteiger partial charge >= 0.3 is 5.97 Å². The van der Waals surface area contributed by atoms with Gasteiger partial charge in [0.2, 0.25) is 0 Å². The number of nitrogen functional groups attached to an aromatic ring is 1. The molecule has 5 heteroatoms. The van der Waals surface area contributed by atoms with Gasteiger partial charge in [0.15, 0.2) is 0 Å². The number of hydrogen-bond donors (Lipinski definition) is 2. The first-order valence-electron chi connectivity index (χ1n) is 7.07. The zero-order valence-corrected chi connectivity index (χ0v) is 12.2. The summed E-state index contributed by atoms with van der Waals surface area (Å²) in [5, 5.41) is 3.35. The Balaban J connectivity index is 1.94. The molecule has 5 nitrogen and oxygen atoms in total. The van der Waals surface area contributed by atoms with Crippen LogP contribution in [0.4, 0.5) is 11.4 Å². The van der Waals surface area contributed by atoms with E-state index in [2.05, 4.69) is 21.9 Å². The van der Waals surface area contributed by atoms with Crippen LogP contribution in [0.25, 0.3) is 0 Å². The number of carbonyl (C=O) groups is 1. The number of methoxy groups -OCH3 is 1. The van der Waals surface area contributed by atoms with Crippen LogP contribution in [0, 0.1) is 0 Å². The monoisotopic (exact) mass is 277 g/mol. The lowest BCUT2D eigenvalue weighted by atomic mass is 10.1. The maximum Gasteiger partial charge on any atom is 0.337 e. The predicted octanol–water partition coefficient (Wildman–Crippen LogP) is 1.95. The fraction of sp³-hybridized carbons (Fsp3) is 0.533. The van der Waals surface area contributed by atoms with Crippen LogP contribution in [0.5, 0.6) is 0 Å². The van der Waals surface area contributed by atoms with Crippen LogP contribution in [0.15, 0.2) is 18.2 Å². The molecule has 1 aliphatic heterocycles. The van der Waals surface area contributed by atoms with E-state index >= 15 is 0 Å². The minimum Gasteiger partial charge on any atom is -0.465 e. The van der Waals surface area contributed by atoms with Crippen LogP contribution in [-0.2, 0) is 4.74 Å². The molecule has 1 heterocycles. The van der Waals surface area contributed by atoms with Gasteiger partial charge in [-0.05, 0) is 51.1 Å². The summed E-state index contributed by atoms with van der Waals surface area (Å²) in [5.41, 5.74) is 7.88. The molecule has 1 aromatic carbocycles. The Morgan fingerprint density at radius 1 is 1.45 bits per heavy atom. The summed E-state index contributed by atoms with van der Waals surface area (Å²) in [6, 6.07) is 5.69. The Bertz CT molecular complexity index is 470. The van der Waals surface area contributed by atoms with Gasteiger partial charge in [-0.15, -0.1) is 0 Å². The summed E-state index contributed by atoms with van der Waals surface area (Å²) < 4.78 is 4.68. The van der Waals surface area contributed by atoms with E-state index in [1.54, 1.807) is 12.1 Å². The molecule has 1 aliphatic rings. The van der Waals surface area contributed by atoms with Crippen molar-refractivity contribution in [2.24, 2.45) is 0 Å². The molecule has 110 valence electrons. The third-order valence-electron chi connectivity index (χ3n) is 3.82. The molecule has 1 unspecified atom stereocenters. The van der Waals surface area contributed by atoms with Gasteiger partial charge in [0.05, 0.1) is 24.0 Å². The minimum atomic E-state index is -0.367. The molecule has 1 aromatic rings. The molecule has 20 heavy (non-hydrogen) atoms. The molecule has 2 rings (SSSR count). The van der Waals surface area contributed by atoms with E-state index < -0.39 is 0 Å². The molecule has 1 fully saturated rings. The lowest BCUT2D eigenvalue weighted by molar-refractivity contribution is 0.0601. The number of carbonyl (C=O) groups excluding carboxylic acids is 1. The number of benzene rings is 1. The summed E-state index contributed by atoms with van der Waals surface area (Å²) >= 11 is 0. The molecule has 0 aliphatic carbocycles. The topological polar surface area (TPSA) is 67.6 Å². The van der Waals surface area contributed by atoms with E-state index in [4.69, 9.17) is 5.73 Å². The zero-order valence-electron chi connectivity index (χ0n) is 12.2. The molecular formula is C15H23N3O2. The summed E-state index contributed by atoms with van der Waals surface area (Å²) in [6.07, 6.45) is 2.58. The Labute approximate surface area is 120 Å². The molecule has 0 saturated carbocycles. The van der Waals surface area contributed by atoms with Crippen molar-refractivity contribution in [2.75, 3.05) is 37.8 Å². The lowest BCUT2D eigenvalue weighted by Gasteiger charge is -2.24. The van der Waals surface area contributed by atoms with Gasteiger partial charge in [-0.1, -0.05) is 0 Å². The molecule has 0 radical (unpaired) electrons. The van der Waals surface area contributed by atoms with Gasteiger partial charge in [-0.3, -0.25) is 4.90 Å². The molecule has 0 bridgehead atoms. The van der Waals surface area contributed by atoms with Gasteiger partial charge in [0, 0.05) is 12.6 Å². The van der Waals surface area contributed by atoms with Crippen LogP contribution in [0.2, 0.25) is 0 Å². The van der Waals surface area contributed by atoms with Crippen molar-refractivity contribution in [3.63, 3.8) is 0 Å². The Hall–Kier alpha value is -1.75. The van der Waals surface area contributed by atoms with Crippen LogP contribution in [0.1, 0.15) is 30.1 Å². The van der Waals surface area contributed by atoms with E-state index in [9.17, 15) is 4.79 Å². The van der Waals surface area contributed by atoms with E-state index in [0.29, 0.717) is 17.3 Å². The lowest BCUT2D eigenvalue weighted by Crippen LogP contribution is -2.35. The second-order valence-corrected chi connectivity index (χ2v) is 5.27. The number of anilines is 2. The molecule has 3 N–H and O–H groups in total. The van der Waals surface area contributed by atoms with Crippen LogP contribution < -0.4 is 11.1 Å². The maximum atomic E-state index is 11.4. The van der Waals surface area contributed by atoms with Gasteiger partial charge in [0.25, 0.3) is 0 Å². The van der Waals surface area contributed by atoms with Crippen molar-refractivity contribution < 1.29 is 9.53 Å². The highest BCUT2D eigenvalue weighted by Gasteiger charge is 2.18. The third-order valence-corrected chi connectivity index (χ3v) is 3.82. The van der Waals surface area contributed by atoms with Gasteiger partial charge in [-0.25, -0.2) is 4.79 Å². The first kappa shape index (κ1) is 14.7. The first-order valence-corrected chi connectivity index (χ1v) is 7.07. The quantitative estimate of drug-likeness (QED) is 0.636.